The first-order valence-electron chi connectivity index (χ1n) is 10.8. The van der Waals surface area contributed by atoms with Crippen LogP contribution in [0.1, 0.15) is 57.8 Å². The van der Waals surface area contributed by atoms with Gasteiger partial charge in [-0.05, 0) is 30.2 Å². The molecule has 0 amide bonds. The van der Waals surface area contributed by atoms with Crippen molar-refractivity contribution in [3.63, 3.8) is 0 Å². The molecule has 4 rings (SSSR count). The molecule has 2 saturated carbocycles. The number of ether oxygens (including phenoxy) is 2. The Morgan fingerprint density at radius 2 is 1.90 bits per heavy atom. The zero-order valence-electron chi connectivity index (χ0n) is 18.6. The molecular weight excluding hydrogens is 404 g/mol. The van der Waals surface area contributed by atoms with Crippen molar-refractivity contribution in [1.29, 1.82) is 0 Å². The molecule has 0 spiro atoms. The van der Waals surface area contributed by atoms with E-state index < -0.39 is 64.4 Å². The van der Waals surface area contributed by atoms with E-state index in [1.807, 2.05) is 13.8 Å². The molecule has 0 radical (unpaired) electrons. The molecule has 2 fully saturated rings. The van der Waals surface area contributed by atoms with E-state index in [0.717, 1.165) is 0 Å². The Kier molecular flexibility index (Phi) is 5.07. The number of hydrogen-bond acceptors (Lipinski definition) is 8. The van der Waals surface area contributed by atoms with Gasteiger partial charge in [-0.1, -0.05) is 20.8 Å². The number of carbonyl (C=O) groups excluding carboxylic acids is 2. The third-order valence-electron chi connectivity index (χ3n) is 8.59. The summed E-state index contributed by atoms with van der Waals surface area (Å²) in [6.07, 6.45) is -0.857. The van der Waals surface area contributed by atoms with Gasteiger partial charge in [0.1, 0.15) is 11.4 Å². The van der Waals surface area contributed by atoms with Gasteiger partial charge in [0.2, 0.25) is 0 Å². The first-order chi connectivity index (χ1) is 14.4. The molecule has 8 nitrogen and oxygen atoms in total. The van der Waals surface area contributed by atoms with E-state index in [-0.39, 0.29) is 0 Å². The Labute approximate surface area is 181 Å². The highest BCUT2D eigenvalue weighted by atomic mass is 16.6. The minimum atomic E-state index is -1.74. The Hall–Kier alpha value is -1.90. The molecule has 1 aromatic rings. The van der Waals surface area contributed by atoms with Gasteiger partial charge in [0.25, 0.3) is 0 Å². The summed E-state index contributed by atoms with van der Waals surface area (Å²) in [5.74, 6) is -2.74. The van der Waals surface area contributed by atoms with E-state index in [1.54, 1.807) is 13.0 Å². The van der Waals surface area contributed by atoms with E-state index >= 15 is 0 Å². The minimum Gasteiger partial charge on any atom is -0.469 e. The van der Waals surface area contributed by atoms with Crippen LogP contribution < -0.4 is 0 Å². The number of aliphatic hydroxyl groups is 3. The van der Waals surface area contributed by atoms with Crippen LogP contribution in [0.2, 0.25) is 0 Å². The smallest absolute Gasteiger partial charge is 0.313 e. The lowest BCUT2D eigenvalue weighted by Gasteiger charge is -2.69. The molecule has 0 saturated heterocycles. The molecule has 1 aromatic heterocycles. The number of aliphatic hydroxyl groups excluding tert-OH is 2. The van der Waals surface area contributed by atoms with Gasteiger partial charge in [-0.2, -0.15) is 0 Å². The molecule has 31 heavy (non-hydrogen) atoms. The fourth-order valence-corrected chi connectivity index (χ4v) is 7.00. The number of hydrogen-bond donors (Lipinski definition) is 3. The van der Waals surface area contributed by atoms with Crippen molar-refractivity contribution in [2.75, 3.05) is 7.11 Å². The van der Waals surface area contributed by atoms with E-state index in [0.29, 0.717) is 30.6 Å². The fourth-order valence-electron chi connectivity index (χ4n) is 7.00. The van der Waals surface area contributed by atoms with Crippen molar-refractivity contribution >= 4 is 11.9 Å². The van der Waals surface area contributed by atoms with Gasteiger partial charge in [0.15, 0.2) is 6.10 Å². The van der Waals surface area contributed by atoms with Gasteiger partial charge < -0.3 is 29.2 Å². The van der Waals surface area contributed by atoms with Crippen molar-refractivity contribution in [2.45, 2.75) is 76.8 Å². The minimum absolute atomic E-state index is 0.330. The largest absolute Gasteiger partial charge is 0.469 e. The second-order valence-corrected chi connectivity index (χ2v) is 10.2. The van der Waals surface area contributed by atoms with E-state index in [2.05, 4.69) is 0 Å². The van der Waals surface area contributed by atoms with Gasteiger partial charge in [0, 0.05) is 30.2 Å². The van der Waals surface area contributed by atoms with Crippen LogP contribution >= 0.6 is 0 Å². The lowest BCUT2D eigenvalue weighted by atomic mass is 9.39. The lowest BCUT2D eigenvalue weighted by molar-refractivity contribution is -0.337. The summed E-state index contributed by atoms with van der Waals surface area (Å²) in [4.78, 5) is 24.9. The number of carbonyl (C=O) groups is 2. The summed E-state index contributed by atoms with van der Waals surface area (Å²) < 4.78 is 16.3. The molecule has 3 aliphatic carbocycles. The maximum Gasteiger partial charge on any atom is 0.313 e. The standard InChI is InChI=1S/C23H32O8/c1-11(24)31-19-18(26)17-13(10-14-12(7-9-30-14)16(17)20(27)29-5)22(4)15(25)6-8-21(2,3)23(19,22)28/h7,9,13,15-19,25-26,28H,6,8,10H2,1-5H3/t13-,15-,16+,17+,18+,19-,22-,23+/m0/s1. The maximum absolute atomic E-state index is 12.9. The van der Waals surface area contributed by atoms with Crippen molar-refractivity contribution in [2.24, 2.45) is 22.7 Å². The third-order valence-corrected chi connectivity index (χ3v) is 8.59. The van der Waals surface area contributed by atoms with Crippen LogP contribution in [0.4, 0.5) is 0 Å². The normalized spacial score (nSPS) is 43.2. The molecule has 1 heterocycles. The molecular formula is C23H32O8. The molecule has 0 aliphatic heterocycles. The van der Waals surface area contributed by atoms with Crippen LogP contribution in [0.25, 0.3) is 0 Å². The summed E-state index contributed by atoms with van der Waals surface area (Å²) in [7, 11) is 1.28. The van der Waals surface area contributed by atoms with Crippen molar-refractivity contribution in [1.82, 2.24) is 0 Å². The highest BCUT2D eigenvalue weighted by molar-refractivity contribution is 5.79. The second-order valence-electron chi connectivity index (χ2n) is 10.2. The van der Waals surface area contributed by atoms with Gasteiger partial charge in [0.05, 0.1) is 31.5 Å². The Morgan fingerprint density at radius 1 is 1.23 bits per heavy atom. The third kappa shape index (κ3) is 2.71. The average Bonchev–Trinajstić information content (AvgIpc) is 3.18. The molecule has 3 N–H and O–H groups in total. The van der Waals surface area contributed by atoms with Crippen molar-refractivity contribution in [3.8, 4) is 0 Å². The summed E-state index contributed by atoms with van der Waals surface area (Å²) in [5, 5.41) is 35.2. The highest BCUT2D eigenvalue weighted by Gasteiger charge is 2.76. The zero-order valence-corrected chi connectivity index (χ0v) is 18.6. The van der Waals surface area contributed by atoms with E-state index in [9.17, 15) is 24.9 Å². The quantitative estimate of drug-likeness (QED) is 0.596. The van der Waals surface area contributed by atoms with Gasteiger partial charge in [-0.25, -0.2) is 0 Å². The SMILES string of the molecule is COC(=O)[C@@H]1c2ccoc2C[C@H]2[C@H]1[C@@H](O)[C@H](OC(C)=O)[C@@]1(O)C(C)(C)CC[C@H](O)[C@]21C. The zero-order chi connectivity index (χ0) is 22.9. The molecule has 0 bridgehead atoms. The summed E-state index contributed by atoms with van der Waals surface area (Å²) in [6.45, 7) is 6.72. The molecule has 3 aliphatic rings. The molecule has 8 heteroatoms. The van der Waals surface area contributed by atoms with Gasteiger partial charge in [-0.3, -0.25) is 9.59 Å². The van der Waals surface area contributed by atoms with Crippen molar-refractivity contribution < 1.29 is 38.8 Å². The van der Waals surface area contributed by atoms with Crippen LogP contribution in [0, 0.1) is 22.7 Å². The monoisotopic (exact) mass is 436 g/mol. The predicted octanol–water partition coefficient (Wildman–Crippen LogP) is 1.55. The summed E-state index contributed by atoms with van der Waals surface area (Å²) >= 11 is 0. The van der Waals surface area contributed by atoms with Crippen LogP contribution in [-0.2, 0) is 25.5 Å². The van der Waals surface area contributed by atoms with Crippen LogP contribution in [0.5, 0.6) is 0 Å². The summed E-state index contributed by atoms with van der Waals surface area (Å²) in [6, 6.07) is 1.69. The van der Waals surface area contributed by atoms with Gasteiger partial charge >= 0.3 is 11.9 Å². The van der Waals surface area contributed by atoms with Crippen LogP contribution in [0.3, 0.4) is 0 Å². The maximum atomic E-state index is 12.9. The molecule has 8 atom stereocenters. The first-order valence-corrected chi connectivity index (χ1v) is 10.8. The van der Waals surface area contributed by atoms with E-state index in [1.165, 1.54) is 20.3 Å². The fraction of sp³-hybridized carbons (Fsp3) is 0.739. The number of rotatable bonds is 2. The summed E-state index contributed by atoms with van der Waals surface area (Å²) in [5.41, 5.74) is -3.09. The number of furan rings is 1. The molecule has 0 aromatic carbocycles. The first kappa shape index (κ1) is 22.3. The average molecular weight is 437 g/mol. The van der Waals surface area contributed by atoms with Crippen LogP contribution in [0.15, 0.2) is 16.7 Å². The number of methoxy groups -OCH3 is 1. The molecule has 0 unspecified atom stereocenters. The van der Waals surface area contributed by atoms with E-state index in [4.69, 9.17) is 13.9 Å². The van der Waals surface area contributed by atoms with Gasteiger partial charge in [-0.15, -0.1) is 0 Å². The Morgan fingerprint density at radius 3 is 2.52 bits per heavy atom. The highest BCUT2D eigenvalue weighted by Crippen LogP contribution is 2.67. The number of esters is 2. The predicted molar refractivity (Wildman–Crippen MR) is 108 cm³/mol. The van der Waals surface area contributed by atoms with Crippen molar-refractivity contribution in [3.05, 3.63) is 23.7 Å². The number of fused-ring (bicyclic) bond motifs is 4. The van der Waals surface area contributed by atoms with Crippen LogP contribution in [-0.4, -0.2) is 58.3 Å². The topological polar surface area (TPSA) is 126 Å². The Balaban J connectivity index is 1.98. The molecule has 172 valence electrons. The lowest BCUT2D eigenvalue weighted by Crippen LogP contribution is -2.80. The Bertz CT molecular complexity index is 890. The second kappa shape index (κ2) is 7.05.